The maximum Gasteiger partial charge on any atom is 0.156 e. The third-order valence-corrected chi connectivity index (χ3v) is 1.96. The molecule has 0 spiro atoms. The molecule has 0 atom stereocenters. The van der Waals surface area contributed by atoms with E-state index < -0.39 is 0 Å². The maximum atomic E-state index is 5.60. The standard InChI is InChI=1S/C11H19N3O3/c1-9-7-10(12)14-11(13-9)8-17-6-5-16-4-3-15-2/h7H,3-6,8H2,1-2H3,(H2,12,13,14). The van der Waals surface area contributed by atoms with Crippen molar-refractivity contribution in [3.63, 3.8) is 0 Å². The highest BCUT2D eigenvalue weighted by Crippen LogP contribution is 2.02. The number of hydrogen-bond donors (Lipinski definition) is 1. The predicted molar refractivity (Wildman–Crippen MR) is 63.5 cm³/mol. The average Bonchev–Trinajstić information content (AvgIpc) is 2.26. The Morgan fingerprint density at radius 2 is 1.82 bits per heavy atom. The molecule has 0 fully saturated rings. The van der Waals surface area contributed by atoms with Crippen molar-refractivity contribution in [1.82, 2.24) is 9.97 Å². The van der Waals surface area contributed by atoms with Crippen molar-refractivity contribution in [1.29, 1.82) is 0 Å². The Labute approximate surface area is 101 Å². The van der Waals surface area contributed by atoms with E-state index in [1.54, 1.807) is 13.2 Å². The summed E-state index contributed by atoms with van der Waals surface area (Å²) in [5.41, 5.74) is 6.44. The number of rotatable bonds is 8. The first-order valence-electron chi connectivity index (χ1n) is 5.47. The molecule has 0 aliphatic heterocycles. The molecular weight excluding hydrogens is 222 g/mol. The summed E-state index contributed by atoms with van der Waals surface area (Å²) >= 11 is 0. The average molecular weight is 241 g/mol. The molecule has 0 aliphatic rings. The highest BCUT2D eigenvalue weighted by molar-refractivity contribution is 5.28. The number of ether oxygens (including phenoxy) is 3. The first kappa shape index (κ1) is 13.8. The van der Waals surface area contributed by atoms with E-state index in [1.165, 1.54) is 0 Å². The van der Waals surface area contributed by atoms with Crippen LogP contribution >= 0.6 is 0 Å². The Kier molecular flexibility index (Phi) is 6.46. The lowest BCUT2D eigenvalue weighted by molar-refractivity contribution is 0.0184. The van der Waals surface area contributed by atoms with Crippen molar-refractivity contribution in [2.75, 3.05) is 39.3 Å². The highest BCUT2D eigenvalue weighted by Gasteiger charge is 2.00. The smallest absolute Gasteiger partial charge is 0.156 e. The lowest BCUT2D eigenvalue weighted by Gasteiger charge is -2.05. The number of hydrogen-bond acceptors (Lipinski definition) is 6. The van der Waals surface area contributed by atoms with Gasteiger partial charge in [0, 0.05) is 18.9 Å². The SMILES string of the molecule is COCCOCCOCc1nc(C)cc(N)n1. The summed E-state index contributed by atoms with van der Waals surface area (Å²) in [7, 11) is 1.64. The van der Waals surface area contributed by atoms with Crippen molar-refractivity contribution < 1.29 is 14.2 Å². The molecule has 6 nitrogen and oxygen atoms in total. The van der Waals surface area contributed by atoms with E-state index in [0.717, 1.165) is 5.69 Å². The normalized spacial score (nSPS) is 10.7. The maximum absolute atomic E-state index is 5.60. The van der Waals surface area contributed by atoms with Crippen LogP contribution in [0, 0.1) is 6.92 Å². The van der Waals surface area contributed by atoms with Gasteiger partial charge in [-0.05, 0) is 6.92 Å². The predicted octanol–water partition coefficient (Wildman–Crippen LogP) is 0.547. The molecule has 1 aromatic heterocycles. The van der Waals surface area contributed by atoms with Crippen molar-refractivity contribution in [2.45, 2.75) is 13.5 Å². The Bertz CT molecular complexity index is 313. The van der Waals surface area contributed by atoms with Gasteiger partial charge in [-0.1, -0.05) is 0 Å². The number of nitrogens with two attached hydrogens (primary N) is 1. The van der Waals surface area contributed by atoms with Crippen LogP contribution < -0.4 is 5.73 Å². The highest BCUT2D eigenvalue weighted by atomic mass is 16.5. The van der Waals surface area contributed by atoms with E-state index >= 15 is 0 Å². The van der Waals surface area contributed by atoms with E-state index in [-0.39, 0.29) is 0 Å². The molecule has 0 unspecified atom stereocenters. The van der Waals surface area contributed by atoms with Crippen LogP contribution in [-0.4, -0.2) is 43.5 Å². The molecule has 6 heteroatoms. The van der Waals surface area contributed by atoms with Crippen molar-refractivity contribution in [3.05, 3.63) is 17.6 Å². The minimum atomic E-state index is 0.347. The second-order valence-electron chi connectivity index (χ2n) is 3.51. The zero-order valence-corrected chi connectivity index (χ0v) is 10.3. The Morgan fingerprint density at radius 3 is 2.53 bits per heavy atom. The molecule has 96 valence electrons. The van der Waals surface area contributed by atoms with Gasteiger partial charge in [0.05, 0.1) is 26.4 Å². The zero-order chi connectivity index (χ0) is 12.5. The van der Waals surface area contributed by atoms with Gasteiger partial charge in [0.15, 0.2) is 5.82 Å². The number of nitrogen functional groups attached to an aromatic ring is 1. The minimum absolute atomic E-state index is 0.347. The van der Waals surface area contributed by atoms with E-state index in [9.17, 15) is 0 Å². The Morgan fingerprint density at radius 1 is 1.12 bits per heavy atom. The van der Waals surface area contributed by atoms with Crippen LogP contribution in [0.3, 0.4) is 0 Å². The lowest BCUT2D eigenvalue weighted by Crippen LogP contribution is -2.10. The van der Waals surface area contributed by atoms with Gasteiger partial charge in [0.1, 0.15) is 12.4 Å². The van der Waals surface area contributed by atoms with Gasteiger partial charge < -0.3 is 19.9 Å². The molecule has 0 bridgehead atoms. The van der Waals surface area contributed by atoms with Gasteiger partial charge in [0.2, 0.25) is 0 Å². The third kappa shape index (κ3) is 6.15. The number of aromatic nitrogens is 2. The number of nitrogens with zero attached hydrogens (tertiary/aromatic N) is 2. The van der Waals surface area contributed by atoms with Crippen LogP contribution in [0.4, 0.5) is 5.82 Å². The molecule has 1 aromatic rings. The summed E-state index contributed by atoms with van der Waals surface area (Å²) in [5.74, 6) is 1.06. The van der Waals surface area contributed by atoms with Gasteiger partial charge in [-0.2, -0.15) is 0 Å². The van der Waals surface area contributed by atoms with Crippen LogP contribution in [0.15, 0.2) is 6.07 Å². The van der Waals surface area contributed by atoms with Gasteiger partial charge >= 0.3 is 0 Å². The topological polar surface area (TPSA) is 79.5 Å². The Hall–Kier alpha value is -1.24. The fourth-order valence-corrected chi connectivity index (χ4v) is 1.25. The molecule has 0 aliphatic carbocycles. The molecule has 17 heavy (non-hydrogen) atoms. The number of anilines is 1. The van der Waals surface area contributed by atoms with Gasteiger partial charge in [-0.3, -0.25) is 0 Å². The quantitative estimate of drug-likeness (QED) is 0.669. The molecule has 1 heterocycles. The zero-order valence-electron chi connectivity index (χ0n) is 10.3. The largest absolute Gasteiger partial charge is 0.384 e. The molecule has 0 aromatic carbocycles. The molecule has 0 radical (unpaired) electrons. The Balaban J connectivity index is 2.13. The first-order chi connectivity index (χ1) is 8.22. The summed E-state index contributed by atoms with van der Waals surface area (Å²) in [6.45, 7) is 4.42. The van der Waals surface area contributed by atoms with E-state index in [1.807, 2.05) is 6.92 Å². The number of methoxy groups -OCH3 is 1. The second kappa shape index (κ2) is 7.94. The van der Waals surface area contributed by atoms with Crippen molar-refractivity contribution in [2.24, 2.45) is 0 Å². The van der Waals surface area contributed by atoms with Crippen LogP contribution in [0.5, 0.6) is 0 Å². The summed E-state index contributed by atoms with van der Waals surface area (Å²) in [4.78, 5) is 8.27. The lowest BCUT2D eigenvalue weighted by atomic mass is 10.4. The van der Waals surface area contributed by atoms with Crippen LogP contribution in [-0.2, 0) is 20.8 Å². The molecule has 0 amide bonds. The van der Waals surface area contributed by atoms with Gasteiger partial charge in [-0.25, -0.2) is 9.97 Å². The summed E-state index contributed by atoms with van der Waals surface area (Å²) in [5, 5.41) is 0. The first-order valence-corrected chi connectivity index (χ1v) is 5.47. The monoisotopic (exact) mass is 241 g/mol. The van der Waals surface area contributed by atoms with E-state index in [0.29, 0.717) is 44.7 Å². The van der Waals surface area contributed by atoms with Crippen LogP contribution in [0.1, 0.15) is 11.5 Å². The second-order valence-corrected chi connectivity index (χ2v) is 3.51. The van der Waals surface area contributed by atoms with Gasteiger partial charge in [0.25, 0.3) is 0 Å². The summed E-state index contributed by atoms with van der Waals surface area (Å²) < 4.78 is 15.5. The summed E-state index contributed by atoms with van der Waals surface area (Å²) in [6, 6.07) is 1.72. The molecular formula is C11H19N3O3. The van der Waals surface area contributed by atoms with Crippen molar-refractivity contribution >= 4 is 5.82 Å². The van der Waals surface area contributed by atoms with E-state index in [2.05, 4.69) is 9.97 Å². The molecule has 0 saturated heterocycles. The van der Waals surface area contributed by atoms with Gasteiger partial charge in [-0.15, -0.1) is 0 Å². The van der Waals surface area contributed by atoms with E-state index in [4.69, 9.17) is 19.9 Å². The molecule has 2 N–H and O–H groups in total. The van der Waals surface area contributed by atoms with Crippen LogP contribution in [0.25, 0.3) is 0 Å². The fourth-order valence-electron chi connectivity index (χ4n) is 1.25. The van der Waals surface area contributed by atoms with Crippen molar-refractivity contribution in [3.8, 4) is 0 Å². The fraction of sp³-hybridized carbons (Fsp3) is 0.636. The minimum Gasteiger partial charge on any atom is -0.384 e. The third-order valence-electron chi connectivity index (χ3n) is 1.96. The van der Waals surface area contributed by atoms with Crippen LogP contribution in [0.2, 0.25) is 0 Å². The number of aryl methyl sites for hydroxylation is 1. The summed E-state index contributed by atoms with van der Waals surface area (Å²) in [6.07, 6.45) is 0. The molecule has 1 rings (SSSR count). The molecule has 0 saturated carbocycles.